The Bertz CT molecular complexity index is 977. The van der Waals surface area contributed by atoms with Crippen molar-refractivity contribution in [1.29, 1.82) is 0 Å². The molecule has 10 heteroatoms. The van der Waals surface area contributed by atoms with Crippen molar-refractivity contribution < 1.29 is 9.32 Å². The minimum Gasteiger partial charge on any atom is -0.396 e. The summed E-state index contributed by atoms with van der Waals surface area (Å²) >= 11 is 0. The monoisotopic (exact) mass is 388 g/mol. The minimum absolute atomic E-state index is 0.184. The van der Waals surface area contributed by atoms with Crippen LogP contribution in [0.4, 0.5) is 17.2 Å². The van der Waals surface area contributed by atoms with Crippen LogP contribution in [0.15, 0.2) is 35.7 Å². The molecule has 9 nitrogen and oxygen atoms in total. The Kier molecular flexibility index (Phi) is 5.01. The van der Waals surface area contributed by atoms with Crippen LogP contribution in [-0.4, -0.2) is 51.8 Å². The van der Waals surface area contributed by atoms with E-state index < -0.39 is 11.0 Å². The van der Waals surface area contributed by atoms with Crippen LogP contribution in [0.25, 0.3) is 11.2 Å². The van der Waals surface area contributed by atoms with Gasteiger partial charge in [-0.3, -0.25) is 0 Å². The lowest BCUT2D eigenvalue weighted by molar-refractivity contribution is 0.238. The smallest absolute Gasteiger partial charge is 0.182 e. The van der Waals surface area contributed by atoms with Crippen LogP contribution in [-0.2, 0) is 15.2 Å². The van der Waals surface area contributed by atoms with Gasteiger partial charge in [0, 0.05) is 38.7 Å². The van der Waals surface area contributed by atoms with Gasteiger partial charge in [-0.2, -0.15) is 0 Å². The number of hydrogen-bond donors (Lipinski definition) is 4. The van der Waals surface area contributed by atoms with Gasteiger partial charge >= 0.3 is 0 Å². The van der Waals surface area contributed by atoms with Crippen molar-refractivity contribution in [2.75, 3.05) is 37.0 Å². The fraction of sp³-hybridized carbons (Fsp3) is 0.353. The lowest BCUT2D eigenvalue weighted by Gasteiger charge is -2.22. The highest BCUT2D eigenvalue weighted by molar-refractivity contribution is 7.83. The van der Waals surface area contributed by atoms with E-state index >= 15 is 0 Å². The summed E-state index contributed by atoms with van der Waals surface area (Å²) in [5, 5.41) is 12.8. The lowest BCUT2D eigenvalue weighted by atomic mass is 10.1. The maximum Gasteiger partial charge on any atom is 0.182 e. The van der Waals surface area contributed by atoms with Crippen LogP contribution >= 0.6 is 0 Å². The Labute approximate surface area is 158 Å². The molecule has 2 unspecified atom stereocenters. The number of fused-ring (bicyclic) bond motifs is 1. The average Bonchev–Trinajstić information content (AvgIpc) is 3.37. The fourth-order valence-corrected chi connectivity index (χ4v) is 4.06. The number of nitrogens with one attached hydrogen (secondary N) is 3. The summed E-state index contributed by atoms with van der Waals surface area (Å²) in [6.07, 6.45) is 3.98. The van der Waals surface area contributed by atoms with Gasteiger partial charge in [-0.15, -0.1) is 4.72 Å². The van der Waals surface area contributed by atoms with Crippen molar-refractivity contribution in [3.8, 4) is 0 Å². The van der Waals surface area contributed by atoms with Crippen LogP contribution in [0.5, 0.6) is 0 Å². The van der Waals surface area contributed by atoms with Gasteiger partial charge in [-0.05, 0) is 18.6 Å². The first-order valence-corrected chi connectivity index (χ1v) is 10.0. The van der Waals surface area contributed by atoms with Crippen molar-refractivity contribution >= 4 is 39.3 Å². The molecule has 0 bridgehead atoms. The molecule has 0 saturated carbocycles. The summed E-state index contributed by atoms with van der Waals surface area (Å²) < 4.78 is 15.0. The summed E-state index contributed by atoms with van der Waals surface area (Å²) in [5.74, 6) is 0.873. The molecular weight excluding hydrogens is 366 g/mol. The topological polar surface area (TPSA) is 119 Å². The summed E-state index contributed by atoms with van der Waals surface area (Å²) in [4.78, 5) is 18.6. The normalized spacial score (nSPS) is 18.1. The van der Waals surface area contributed by atoms with Crippen molar-refractivity contribution in [3.63, 3.8) is 0 Å². The second kappa shape index (κ2) is 7.59. The van der Waals surface area contributed by atoms with E-state index in [1.807, 2.05) is 18.2 Å². The van der Waals surface area contributed by atoms with Crippen LogP contribution in [0.2, 0.25) is 0 Å². The maximum atomic E-state index is 12.2. The van der Waals surface area contributed by atoms with Crippen LogP contribution < -0.4 is 14.9 Å². The second-order valence-electron chi connectivity index (χ2n) is 6.45. The summed E-state index contributed by atoms with van der Waals surface area (Å²) in [5.41, 5.74) is 3.08. The van der Waals surface area contributed by atoms with Crippen molar-refractivity contribution in [1.82, 2.24) is 24.7 Å². The van der Waals surface area contributed by atoms with E-state index in [2.05, 4.69) is 34.9 Å². The molecule has 1 fully saturated rings. The first kappa shape index (κ1) is 17.8. The minimum atomic E-state index is -1.68. The number of nitrogens with zero attached hydrogens (tertiary/aromatic N) is 4. The molecule has 2 aromatic heterocycles. The van der Waals surface area contributed by atoms with Gasteiger partial charge in [0.25, 0.3) is 0 Å². The molecule has 0 radical (unpaired) electrons. The van der Waals surface area contributed by atoms with Crippen molar-refractivity contribution in [3.05, 3.63) is 30.9 Å². The number of aliphatic hydroxyl groups is 1. The molecule has 0 spiro atoms. The van der Waals surface area contributed by atoms with E-state index in [4.69, 9.17) is 0 Å². The van der Waals surface area contributed by atoms with E-state index in [1.54, 1.807) is 13.4 Å². The number of thiol groups is 1. The number of aromatic nitrogens is 4. The SMILES string of the molecule is CN[SH+](=O)c1ccc(N2CCC(CO)C2)c(Nc2ncnc3nc[nH]c23)c1. The standard InChI is InChI=1S/C17H21N7O2S/c1-18-27(26)12-2-3-14(24-5-4-11(7-24)8-25)13(6-12)23-17-15-16(20-9-19-15)21-10-22-17/h2-3,6,9-11,25H,4-5,7-8H2,1H3,(H,18,26)(H2,19,20,21,22,23)/p+1. The van der Waals surface area contributed by atoms with Crippen molar-refractivity contribution in [2.24, 2.45) is 5.92 Å². The third-order valence-corrected chi connectivity index (χ3v) is 5.93. The Morgan fingerprint density at radius 1 is 1.37 bits per heavy atom. The van der Waals surface area contributed by atoms with E-state index in [0.717, 1.165) is 30.9 Å². The number of anilines is 3. The quantitative estimate of drug-likeness (QED) is 0.369. The van der Waals surface area contributed by atoms with Gasteiger partial charge in [0.2, 0.25) is 0 Å². The molecule has 3 aromatic rings. The third kappa shape index (κ3) is 3.51. The molecule has 3 heterocycles. The van der Waals surface area contributed by atoms with E-state index in [9.17, 15) is 9.32 Å². The zero-order valence-electron chi connectivity index (χ0n) is 14.9. The Balaban J connectivity index is 1.74. The van der Waals surface area contributed by atoms with E-state index in [0.29, 0.717) is 21.9 Å². The maximum absolute atomic E-state index is 12.2. The van der Waals surface area contributed by atoms with E-state index in [1.165, 1.54) is 6.33 Å². The Morgan fingerprint density at radius 3 is 3.04 bits per heavy atom. The third-order valence-electron chi connectivity index (χ3n) is 4.78. The Morgan fingerprint density at radius 2 is 2.26 bits per heavy atom. The number of hydrogen-bond acceptors (Lipinski definition) is 7. The molecule has 2 atom stereocenters. The number of aromatic amines is 1. The molecule has 0 amide bonds. The zero-order valence-corrected chi connectivity index (χ0v) is 15.8. The van der Waals surface area contributed by atoms with Gasteiger partial charge in [0.05, 0.1) is 17.7 Å². The highest BCUT2D eigenvalue weighted by atomic mass is 32.2. The molecule has 4 N–H and O–H groups in total. The molecule has 27 heavy (non-hydrogen) atoms. The molecule has 1 saturated heterocycles. The first-order chi connectivity index (χ1) is 13.2. The van der Waals surface area contributed by atoms with Gasteiger partial charge in [-0.1, -0.05) is 4.21 Å². The summed E-state index contributed by atoms with van der Waals surface area (Å²) in [6, 6.07) is 5.71. The predicted molar refractivity (Wildman–Crippen MR) is 106 cm³/mol. The number of rotatable bonds is 6. The van der Waals surface area contributed by atoms with Crippen molar-refractivity contribution in [2.45, 2.75) is 11.3 Å². The summed E-state index contributed by atoms with van der Waals surface area (Å²) in [6.45, 7) is 1.83. The molecule has 4 rings (SSSR count). The largest absolute Gasteiger partial charge is 0.396 e. The number of benzene rings is 1. The van der Waals surface area contributed by atoms with Crippen LogP contribution in [0.1, 0.15) is 6.42 Å². The molecular formula is C17H22N7O2S+. The number of imidazole rings is 1. The second-order valence-corrected chi connectivity index (χ2v) is 8.00. The molecule has 142 valence electrons. The predicted octanol–water partition coefficient (Wildman–Crippen LogP) is 1.10. The van der Waals surface area contributed by atoms with Gasteiger partial charge < -0.3 is 20.3 Å². The zero-order chi connectivity index (χ0) is 18.8. The van der Waals surface area contributed by atoms with Gasteiger partial charge in [0.15, 0.2) is 27.3 Å². The number of aliphatic hydroxyl groups excluding tert-OH is 1. The Hall–Kier alpha value is -2.56. The van der Waals surface area contributed by atoms with Crippen LogP contribution in [0, 0.1) is 5.92 Å². The molecule has 1 aliphatic rings. The highest BCUT2D eigenvalue weighted by Gasteiger charge is 2.25. The number of H-pyrrole nitrogens is 1. The van der Waals surface area contributed by atoms with E-state index in [-0.39, 0.29) is 12.5 Å². The molecule has 0 aliphatic carbocycles. The summed E-state index contributed by atoms with van der Waals surface area (Å²) in [7, 11) is -0.00629. The average molecular weight is 388 g/mol. The molecule has 1 aromatic carbocycles. The lowest BCUT2D eigenvalue weighted by Crippen LogP contribution is -2.22. The molecule has 1 aliphatic heterocycles. The van der Waals surface area contributed by atoms with Gasteiger partial charge in [-0.25, -0.2) is 15.0 Å². The fourth-order valence-electron chi connectivity index (χ4n) is 3.34. The van der Waals surface area contributed by atoms with Crippen LogP contribution in [0.3, 0.4) is 0 Å². The first-order valence-electron chi connectivity index (χ1n) is 8.75. The highest BCUT2D eigenvalue weighted by Crippen LogP contribution is 2.34. The van der Waals surface area contributed by atoms with Gasteiger partial charge in [0.1, 0.15) is 11.8 Å².